The summed E-state index contributed by atoms with van der Waals surface area (Å²) in [5.41, 5.74) is 0. The van der Waals surface area contributed by atoms with Gasteiger partial charge >= 0.3 is 0 Å². The number of halogens is 1. The molecule has 9 heteroatoms. The molecule has 7 nitrogen and oxygen atoms in total. The molecule has 0 aliphatic heterocycles. The average Bonchev–Trinajstić information content (AvgIpc) is 3.36. The maximum absolute atomic E-state index is 9.68. The van der Waals surface area contributed by atoms with Gasteiger partial charge in [-0.25, -0.2) is 0 Å². The molecule has 1 aromatic heterocycles. The Kier molecular flexibility index (Phi) is 11.1. The molecule has 0 bridgehead atoms. The zero-order valence-electron chi connectivity index (χ0n) is 17.8. The SMILES string of the molecule is CCNC(=NCCCc1nnc(SC)n1C1CCCC1)NC1CCC(O)CC1.I. The Bertz CT molecular complexity index is 626. The minimum atomic E-state index is -0.124. The summed E-state index contributed by atoms with van der Waals surface area (Å²) in [5.74, 6) is 2.01. The summed E-state index contributed by atoms with van der Waals surface area (Å²) in [7, 11) is 0. The Morgan fingerprint density at radius 3 is 2.55 bits per heavy atom. The molecule has 0 radical (unpaired) electrons. The zero-order valence-corrected chi connectivity index (χ0v) is 20.9. The highest BCUT2D eigenvalue weighted by Gasteiger charge is 2.23. The molecule has 2 aliphatic carbocycles. The standard InChI is InChI=1S/C20H36N6OS.HI/c1-3-21-19(23-15-10-12-17(27)13-11-15)22-14-6-9-18-24-25-20(28-2)26(18)16-7-4-5-8-16;/h15-17,27H,3-14H2,1-2H3,(H2,21,22,23);1H. The number of thioether (sulfide) groups is 1. The van der Waals surface area contributed by atoms with Crippen molar-refractivity contribution in [3.63, 3.8) is 0 Å². The van der Waals surface area contributed by atoms with E-state index in [4.69, 9.17) is 4.99 Å². The van der Waals surface area contributed by atoms with Gasteiger partial charge in [-0.2, -0.15) is 0 Å². The van der Waals surface area contributed by atoms with Crippen LogP contribution in [-0.4, -0.2) is 57.3 Å². The minimum Gasteiger partial charge on any atom is -0.393 e. The van der Waals surface area contributed by atoms with Crippen molar-refractivity contribution in [1.29, 1.82) is 0 Å². The number of aliphatic imine (C=N–C) groups is 1. The van der Waals surface area contributed by atoms with Crippen molar-refractivity contribution in [3.05, 3.63) is 5.82 Å². The maximum atomic E-state index is 9.68. The van der Waals surface area contributed by atoms with Crippen molar-refractivity contribution in [2.45, 2.75) is 94.5 Å². The molecule has 3 N–H and O–H groups in total. The van der Waals surface area contributed by atoms with Crippen LogP contribution < -0.4 is 10.6 Å². The van der Waals surface area contributed by atoms with E-state index in [9.17, 15) is 5.11 Å². The summed E-state index contributed by atoms with van der Waals surface area (Å²) in [6.45, 7) is 3.72. The normalized spacial score (nSPS) is 23.1. The fourth-order valence-electron chi connectivity index (χ4n) is 4.31. The van der Waals surface area contributed by atoms with E-state index < -0.39 is 0 Å². The summed E-state index contributed by atoms with van der Waals surface area (Å²) in [4.78, 5) is 4.77. The van der Waals surface area contributed by atoms with E-state index in [1.807, 2.05) is 0 Å². The van der Waals surface area contributed by atoms with Crippen molar-refractivity contribution in [3.8, 4) is 0 Å². The molecule has 29 heavy (non-hydrogen) atoms. The number of aryl methyl sites for hydroxylation is 1. The van der Waals surface area contributed by atoms with Crippen LogP contribution in [0.3, 0.4) is 0 Å². The van der Waals surface area contributed by atoms with Gasteiger partial charge in [0.1, 0.15) is 5.82 Å². The number of aromatic nitrogens is 3. The van der Waals surface area contributed by atoms with Gasteiger partial charge in [0.05, 0.1) is 6.10 Å². The lowest BCUT2D eigenvalue weighted by Crippen LogP contribution is -2.45. The maximum Gasteiger partial charge on any atom is 0.191 e. The number of aliphatic hydroxyl groups is 1. The van der Waals surface area contributed by atoms with E-state index in [-0.39, 0.29) is 30.1 Å². The van der Waals surface area contributed by atoms with E-state index in [1.54, 1.807) is 11.8 Å². The highest BCUT2D eigenvalue weighted by molar-refractivity contribution is 14.0. The quantitative estimate of drug-likeness (QED) is 0.155. The third kappa shape index (κ3) is 7.27. The van der Waals surface area contributed by atoms with Gasteiger partial charge in [0.25, 0.3) is 0 Å². The van der Waals surface area contributed by atoms with Gasteiger partial charge in [0.15, 0.2) is 11.1 Å². The van der Waals surface area contributed by atoms with E-state index in [0.29, 0.717) is 12.1 Å². The third-order valence-corrected chi connectivity index (χ3v) is 6.46. The van der Waals surface area contributed by atoms with Gasteiger partial charge in [0.2, 0.25) is 0 Å². The highest BCUT2D eigenvalue weighted by Crippen LogP contribution is 2.33. The smallest absolute Gasteiger partial charge is 0.191 e. The Morgan fingerprint density at radius 2 is 1.90 bits per heavy atom. The van der Waals surface area contributed by atoms with Crippen molar-refractivity contribution in [1.82, 2.24) is 25.4 Å². The Hall–Kier alpha value is -0.550. The molecule has 166 valence electrons. The van der Waals surface area contributed by atoms with Gasteiger partial charge in [0, 0.05) is 31.6 Å². The van der Waals surface area contributed by atoms with E-state index in [1.165, 1.54) is 25.7 Å². The molecule has 0 unspecified atom stereocenters. The molecule has 1 heterocycles. The van der Waals surface area contributed by atoms with Crippen molar-refractivity contribution in [2.24, 2.45) is 4.99 Å². The van der Waals surface area contributed by atoms with Crippen LogP contribution in [0.15, 0.2) is 10.1 Å². The average molecular weight is 537 g/mol. The fourth-order valence-corrected chi connectivity index (χ4v) is 4.88. The molecule has 2 saturated carbocycles. The van der Waals surface area contributed by atoms with Crippen LogP contribution in [0.2, 0.25) is 0 Å². The van der Waals surface area contributed by atoms with Crippen LogP contribution in [0.4, 0.5) is 0 Å². The van der Waals surface area contributed by atoms with Crippen LogP contribution in [0.25, 0.3) is 0 Å². The lowest BCUT2D eigenvalue weighted by Gasteiger charge is -2.27. The highest BCUT2D eigenvalue weighted by atomic mass is 127. The summed E-state index contributed by atoms with van der Waals surface area (Å²) in [5, 5.41) is 26.5. The van der Waals surface area contributed by atoms with Gasteiger partial charge in [-0.1, -0.05) is 24.6 Å². The second-order valence-electron chi connectivity index (χ2n) is 7.93. The Morgan fingerprint density at radius 1 is 1.17 bits per heavy atom. The number of rotatable bonds is 8. The summed E-state index contributed by atoms with van der Waals surface area (Å²) in [6, 6.07) is 0.993. The molecule has 2 aliphatic rings. The van der Waals surface area contributed by atoms with Crippen LogP contribution in [-0.2, 0) is 6.42 Å². The monoisotopic (exact) mass is 536 g/mol. The minimum absolute atomic E-state index is 0. The Labute approximate surface area is 196 Å². The number of aliphatic hydroxyl groups excluding tert-OH is 1. The van der Waals surface area contributed by atoms with Gasteiger partial charge in [-0.3, -0.25) is 4.99 Å². The molecule has 0 aromatic carbocycles. The van der Waals surface area contributed by atoms with Gasteiger partial charge in [-0.05, 0) is 58.1 Å². The molecule has 0 spiro atoms. The van der Waals surface area contributed by atoms with Gasteiger partial charge < -0.3 is 20.3 Å². The van der Waals surface area contributed by atoms with E-state index in [2.05, 4.69) is 38.6 Å². The molecule has 0 atom stereocenters. The predicted octanol–water partition coefficient (Wildman–Crippen LogP) is 3.52. The van der Waals surface area contributed by atoms with E-state index >= 15 is 0 Å². The molecule has 0 saturated heterocycles. The van der Waals surface area contributed by atoms with Crippen molar-refractivity contribution in [2.75, 3.05) is 19.3 Å². The molecule has 1 aromatic rings. The first-order valence-corrected chi connectivity index (χ1v) is 12.1. The number of guanidine groups is 1. The second-order valence-corrected chi connectivity index (χ2v) is 8.70. The second kappa shape index (κ2) is 13.0. The lowest BCUT2D eigenvalue weighted by molar-refractivity contribution is 0.120. The molecule has 2 fully saturated rings. The number of nitrogens with one attached hydrogen (secondary N) is 2. The molecule has 3 rings (SSSR count). The molecule has 0 amide bonds. The summed E-state index contributed by atoms with van der Waals surface area (Å²) in [6.07, 6.45) is 12.8. The van der Waals surface area contributed by atoms with Crippen LogP contribution in [0.1, 0.15) is 76.6 Å². The number of hydrogen-bond donors (Lipinski definition) is 3. The van der Waals surface area contributed by atoms with Crippen LogP contribution in [0.5, 0.6) is 0 Å². The topological polar surface area (TPSA) is 87.4 Å². The number of nitrogens with zero attached hydrogens (tertiary/aromatic N) is 4. The first-order valence-electron chi connectivity index (χ1n) is 10.9. The van der Waals surface area contributed by atoms with Crippen molar-refractivity contribution >= 4 is 41.7 Å². The zero-order chi connectivity index (χ0) is 19.8. The lowest BCUT2D eigenvalue weighted by atomic mass is 9.93. The first-order chi connectivity index (χ1) is 13.7. The first kappa shape index (κ1) is 24.7. The largest absolute Gasteiger partial charge is 0.393 e. The molecular weight excluding hydrogens is 499 g/mol. The summed E-state index contributed by atoms with van der Waals surface area (Å²) < 4.78 is 2.39. The summed E-state index contributed by atoms with van der Waals surface area (Å²) >= 11 is 1.70. The van der Waals surface area contributed by atoms with Crippen LogP contribution >= 0.6 is 35.7 Å². The third-order valence-electron chi connectivity index (χ3n) is 5.82. The van der Waals surface area contributed by atoms with Crippen molar-refractivity contribution < 1.29 is 5.11 Å². The van der Waals surface area contributed by atoms with Crippen LogP contribution in [0, 0.1) is 0 Å². The van der Waals surface area contributed by atoms with Gasteiger partial charge in [-0.15, -0.1) is 34.2 Å². The number of hydrogen-bond acceptors (Lipinski definition) is 5. The van der Waals surface area contributed by atoms with E-state index in [0.717, 1.165) is 68.6 Å². The molecular formula is C20H37IN6OS. The predicted molar refractivity (Wildman–Crippen MR) is 130 cm³/mol. The fraction of sp³-hybridized carbons (Fsp3) is 0.850. The Balaban J connectivity index is 0.00000300.